The number of carboxylic acid groups (broad SMARTS) is 1. The van der Waals surface area contributed by atoms with Gasteiger partial charge in [-0.25, -0.2) is 0 Å². The van der Waals surface area contributed by atoms with Crippen LogP contribution in [-0.2, 0) is 11.3 Å². The number of ether oxygens (including phenoxy) is 1. The first-order valence-electron chi connectivity index (χ1n) is 6.28. The number of rotatable bonds is 6. The molecule has 0 aromatic heterocycles. The number of nitrogens with zero attached hydrogens (tertiary/aromatic N) is 1. The molecule has 0 aliphatic heterocycles. The summed E-state index contributed by atoms with van der Waals surface area (Å²) in [6.07, 6.45) is 2.03. The lowest BCUT2D eigenvalue weighted by atomic mass is 9.76. The number of hydrogen-bond acceptors (Lipinski definition) is 5. The van der Waals surface area contributed by atoms with Crippen LogP contribution in [0, 0.1) is 10.1 Å². The fraction of sp³-hybridized carbons (Fsp3) is 0.462. The second kappa shape index (κ2) is 5.46. The Morgan fingerprint density at radius 3 is 2.65 bits per heavy atom. The van der Waals surface area contributed by atoms with Crippen LogP contribution < -0.4 is 10.1 Å². The van der Waals surface area contributed by atoms with Gasteiger partial charge in [0.2, 0.25) is 0 Å². The first kappa shape index (κ1) is 14.3. The van der Waals surface area contributed by atoms with Gasteiger partial charge in [-0.05, 0) is 30.9 Å². The number of nitro groups is 1. The molecule has 0 spiro atoms. The molecule has 0 radical (unpaired) electrons. The predicted molar refractivity (Wildman–Crippen MR) is 70.7 cm³/mol. The van der Waals surface area contributed by atoms with Crippen molar-refractivity contribution in [3.05, 3.63) is 33.9 Å². The molecule has 0 heterocycles. The highest BCUT2D eigenvalue weighted by atomic mass is 16.6. The van der Waals surface area contributed by atoms with Crippen molar-refractivity contribution in [1.82, 2.24) is 5.32 Å². The third-order valence-corrected chi connectivity index (χ3v) is 3.64. The number of non-ortho nitro benzene ring substituents is 1. The summed E-state index contributed by atoms with van der Waals surface area (Å²) in [5.41, 5.74) is -0.333. The normalized spacial score (nSPS) is 16.2. The van der Waals surface area contributed by atoms with Gasteiger partial charge in [0.25, 0.3) is 5.69 Å². The van der Waals surface area contributed by atoms with Gasteiger partial charge in [0.15, 0.2) is 0 Å². The van der Waals surface area contributed by atoms with Gasteiger partial charge in [-0.3, -0.25) is 20.2 Å². The number of nitrogens with one attached hydrogen (secondary N) is 1. The van der Waals surface area contributed by atoms with Crippen LogP contribution in [0.2, 0.25) is 0 Å². The topological polar surface area (TPSA) is 102 Å². The summed E-state index contributed by atoms with van der Waals surface area (Å²) in [5, 5.41) is 23.0. The van der Waals surface area contributed by atoms with Crippen LogP contribution in [-0.4, -0.2) is 28.6 Å². The minimum absolute atomic E-state index is 0.0702. The molecular weight excluding hydrogens is 264 g/mol. The van der Waals surface area contributed by atoms with Gasteiger partial charge in [0.05, 0.1) is 18.1 Å². The number of methoxy groups -OCH3 is 1. The Bertz CT molecular complexity index is 540. The molecular formula is C13H16N2O5. The van der Waals surface area contributed by atoms with Crippen molar-refractivity contribution in [3.63, 3.8) is 0 Å². The Hall–Kier alpha value is -2.15. The molecule has 1 aromatic carbocycles. The van der Waals surface area contributed by atoms with Crippen molar-refractivity contribution in [1.29, 1.82) is 0 Å². The van der Waals surface area contributed by atoms with Crippen LogP contribution in [0.3, 0.4) is 0 Å². The van der Waals surface area contributed by atoms with Crippen molar-refractivity contribution in [2.45, 2.75) is 31.3 Å². The van der Waals surface area contributed by atoms with Crippen LogP contribution >= 0.6 is 0 Å². The molecule has 0 atom stereocenters. The lowest BCUT2D eigenvalue weighted by Gasteiger charge is -2.38. The lowest BCUT2D eigenvalue weighted by Crippen LogP contribution is -2.56. The summed E-state index contributed by atoms with van der Waals surface area (Å²) >= 11 is 0. The zero-order valence-electron chi connectivity index (χ0n) is 11.1. The van der Waals surface area contributed by atoms with E-state index in [1.807, 2.05) is 0 Å². The molecule has 0 bridgehead atoms. The second-order valence-electron chi connectivity index (χ2n) is 4.89. The summed E-state index contributed by atoms with van der Waals surface area (Å²) in [6.45, 7) is 0.254. The first-order valence-corrected chi connectivity index (χ1v) is 6.28. The molecule has 0 amide bonds. The molecule has 1 aromatic rings. The van der Waals surface area contributed by atoms with Crippen LogP contribution in [0.25, 0.3) is 0 Å². The van der Waals surface area contributed by atoms with Gasteiger partial charge in [-0.15, -0.1) is 0 Å². The fourth-order valence-electron chi connectivity index (χ4n) is 2.24. The van der Waals surface area contributed by atoms with Gasteiger partial charge in [-0.1, -0.05) is 0 Å². The Morgan fingerprint density at radius 1 is 1.50 bits per heavy atom. The Kier molecular flexibility index (Phi) is 3.89. The van der Waals surface area contributed by atoms with Crippen LogP contribution in [0.1, 0.15) is 24.8 Å². The van der Waals surface area contributed by atoms with E-state index in [-0.39, 0.29) is 12.2 Å². The van der Waals surface area contributed by atoms with Crippen molar-refractivity contribution in [2.24, 2.45) is 0 Å². The average Bonchev–Trinajstić information content (AvgIpc) is 2.36. The van der Waals surface area contributed by atoms with Gasteiger partial charge in [0, 0.05) is 12.6 Å². The second-order valence-corrected chi connectivity index (χ2v) is 4.89. The maximum absolute atomic E-state index is 11.2. The molecule has 2 N–H and O–H groups in total. The highest BCUT2D eigenvalue weighted by Gasteiger charge is 2.43. The highest BCUT2D eigenvalue weighted by molar-refractivity contribution is 5.80. The van der Waals surface area contributed by atoms with E-state index in [0.717, 1.165) is 6.42 Å². The van der Waals surface area contributed by atoms with Crippen molar-refractivity contribution in [2.75, 3.05) is 7.11 Å². The minimum atomic E-state index is -0.891. The largest absolute Gasteiger partial charge is 0.496 e. The molecule has 1 saturated carbocycles. The van der Waals surface area contributed by atoms with E-state index in [0.29, 0.717) is 24.2 Å². The quantitative estimate of drug-likeness (QED) is 0.607. The maximum atomic E-state index is 11.2. The zero-order chi connectivity index (χ0) is 14.8. The van der Waals surface area contributed by atoms with E-state index in [1.165, 1.54) is 19.2 Å². The third kappa shape index (κ3) is 2.72. The predicted octanol–water partition coefficient (Wildman–Crippen LogP) is 1.70. The number of hydrogen-bond donors (Lipinski definition) is 2. The maximum Gasteiger partial charge on any atom is 0.323 e. The van der Waals surface area contributed by atoms with Crippen molar-refractivity contribution in [3.8, 4) is 5.75 Å². The summed E-state index contributed by atoms with van der Waals surface area (Å²) in [4.78, 5) is 21.6. The Labute approximate surface area is 115 Å². The molecule has 1 aliphatic rings. The van der Waals surface area contributed by atoms with E-state index in [2.05, 4.69) is 5.32 Å². The molecule has 2 rings (SSSR count). The average molecular weight is 280 g/mol. The molecule has 1 aliphatic carbocycles. The van der Waals surface area contributed by atoms with E-state index in [9.17, 15) is 20.0 Å². The molecule has 7 heteroatoms. The molecule has 7 nitrogen and oxygen atoms in total. The van der Waals surface area contributed by atoms with E-state index in [4.69, 9.17) is 4.74 Å². The smallest absolute Gasteiger partial charge is 0.323 e. The molecule has 0 saturated heterocycles. The molecule has 108 valence electrons. The molecule has 20 heavy (non-hydrogen) atoms. The third-order valence-electron chi connectivity index (χ3n) is 3.64. The number of nitro benzene ring substituents is 1. The SMILES string of the molecule is COc1cc(CNC2(C(=O)O)CCC2)cc([N+](=O)[O-])c1. The van der Waals surface area contributed by atoms with Gasteiger partial charge >= 0.3 is 5.97 Å². The summed E-state index contributed by atoms with van der Waals surface area (Å²) in [6, 6.07) is 4.41. The Morgan fingerprint density at radius 2 is 2.20 bits per heavy atom. The minimum Gasteiger partial charge on any atom is -0.496 e. The number of aliphatic carboxylic acids is 1. The van der Waals surface area contributed by atoms with Crippen LogP contribution in [0.15, 0.2) is 18.2 Å². The molecule has 1 fully saturated rings. The fourth-order valence-corrected chi connectivity index (χ4v) is 2.24. The van der Waals surface area contributed by atoms with Crippen LogP contribution in [0.4, 0.5) is 5.69 Å². The number of carboxylic acids is 1. The van der Waals surface area contributed by atoms with Crippen molar-refractivity contribution < 1.29 is 19.6 Å². The standard InChI is InChI=1S/C13H16N2O5/c1-20-11-6-9(5-10(7-11)15(18)19)8-14-13(12(16)17)3-2-4-13/h5-7,14H,2-4,8H2,1H3,(H,16,17). The number of benzene rings is 1. The van der Waals surface area contributed by atoms with E-state index < -0.39 is 16.4 Å². The van der Waals surface area contributed by atoms with Gasteiger partial charge in [-0.2, -0.15) is 0 Å². The van der Waals surface area contributed by atoms with E-state index in [1.54, 1.807) is 6.07 Å². The van der Waals surface area contributed by atoms with Crippen LogP contribution in [0.5, 0.6) is 5.75 Å². The Balaban J connectivity index is 2.14. The van der Waals surface area contributed by atoms with Gasteiger partial charge < -0.3 is 9.84 Å². The monoisotopic (exact) mass is 280 g/mol. The van der Waals surface area contributed by atoms with Gasteiger partial charge in [0.1, 0.15) is 11.3 Å². The highest BCUT2D eigenvalue weighted by Crippen LogP contribution is 2.32. The summed E-state index contributed by atoms with van der Waals surface area (Å²) in [5.74, 6) is -0.491. The van der Waals surface area contributed by atoms with E-state index >= 15 is 0 Å². The lowest BCUT2D eigenvalue weighted by molar-refractivity contribution is -0.385. The molecule has 0 unspecified atom stereocenters. The first-order chi connectivity index (χ1) is 9.47. The number of carbonyl (C=O) groups is 1. The summed E-state index contributed by atoms with van der Waals surface area (Å²) in [7, 11) is 1.43. The summed E-state index contributed by atoms with van der Waals surface area (Å²) < 4.78 is 5.02. The van der Waals surface area contributed by atoms with Crippen molar-refractivity contribution >= 4 is 11.7 Å². The zero-order valence-corrected chi connectivity index (χ0v) is 11.1.